The number of nitrogens with zero attached hydrogens (tertiary/aromatic N) is 1. The van der Waals surface area contributed by atoms with Gasteiger partial charge in [0, 0.05) is 48.3 Å². The highest BCUT2D eigenvalue weighted by molar-refractivity contribution is 5.96. The Hall–Kier alpha value is -5.25. The van der Waals surface area contributed by atoms with E-state index in [-0.39, 0.29) is 25.7 Å². The van der Waals surface area contributed by atoms with Crippen molar-refractivity contribution < 1.29 is 39.0 Å². The van der Waals surface area contributed by atoms with Gasteiger partial charge in [-0.3, -0.25) is 24.0 Å². The minimum atomic E-state index is -1.58. The third-order valence-corrected chi connectivity index (χ3v) is 6.37. The van der Waals surface area contributed by atoms with E-state index < -0.39 is 66.2 Å². The van der Waals surface area contributed by atoms with Crippen LogP contribution in [-0.2, 0) is 41.6 Å². The Morgan fingerprint density at radius 1 is 0.881 bits per heavy atom. The van der Waals surface area contributed by atoms with E-state index in [1.807, 2.05) is 12.1 Å². The summed E-state index contributed by atoms with van der Waals surface area (Å²) in [5.41, 5.74) is 12.9. The second-order valence-electron chi connectivity index (χ2n) is 9.58. The van der Waals surface area contributed by atoms with Crippen molar-refractivity contribution in [3.8, 4) is 0 Å². The fraction of sp³-hybridized carbons (Fsp3) is 0.346. The van der Waals surface area contributed by atoms with E-state index >= 15 is 0 Å². The Bertz CT molecular complexity index is 1440. The van der Waals surface area contributed by atoms with Gasteiger partial charge >= 0.3 is 11.9 Å². The molecule has 3 aromatic rings. The third-order valence-electron chi connectivity index (χ3n) is 6.37. The maximum Gasteiger partial charge on any atom is 0.326 e. The van der Waals surface area contributed by atoms with Crippen LogP contribution in [0.1, 0.15) is 30.5 Å². The summed E-state index contributed by atoms with van der Waals surface area (Å²) in [5.74, 6) is -6.18. The largest absolute Gasteiger partial charge is 0.481 e. The second kappa shape index (κ2) is 14.4. The number of imidazole rings is 1. The van der Waals surface area contributed by atoms with E-state index in [1.54, 1.807) is 18.3 Å². The molecule has 0 fully saturated rings. The molecule has 2 heterocycles. The van der Waals surface area contributed by atoms with Crippen LogP contribution in [0.2, 0.25) is 0 Å². The van der Waals surface area contributed by atoms with Gasteiger partial charge in [-0.2, -0.15) is 0 Å². The van der Waals surface area contributed by atoms with Crippen molar-refractivity contribution in [2.75, 3.05) is 0 Å². The van der Waals surface area contributed by atoms with Crippen LogP contribution in [0.15, 0.2) is 43.0 Å². The van der Waals surface area contributed by atoms with Crippen molar-refractivity contribution in [2.24, 2.45) is 11.5 Å². The predicted octanol–water partition coefficient (Wildman–Crippen LogP) is -1.72. The Morgan fingerprint density at radius 2 is 1.55 bits per heavy atom. The summed E-state index contributed by atoms with van der Waals surface area (Å²) in [4.78, 5) is 83.3. The average molecular weight is 585 g/mol. The van der Waals surface area contributed by atoms with Gasteiger partial charge in [-0.1, -0.05) is 18.2 Å². The van der Waals surface area contributed by atoms with E-state index in [0.717, 1.165) is 10.9 Å². The van der Waals surface area contributed by atoms with Crippen LogP contribution in [0.5, 0.6) is 0 Å². The predicted molar refractivity (Wildman–Crippen MR) is 146 cm³/mol. The number of H-pyrrole nitrogens is 2. The van der Waals surface area contributed by atoms with Crippen molar-refractivity contribution >= 4 is 46.5 Å². The maximum atomic E-state index is 13.3. The Balaban J connectivity index is 1.75. The molecule has 0 bridgehead atoms. The molecular weight excluding hydrogens is 552 g/mol. The molecule has 0 radical (unpaired) electrons. The third kappa shape index (κ3) is 8.88. The van der Waals surface area contributed by atoms with Crippen LogP contribution in [0.25, 0.3) is 10.9 Å². The van der Waals surface area contributed by atoms with Crippen LogP contribution >= 0.6 is 0 Å². The number of fused-ring (bicyclic) bond motifs is 1. The molecule has 16 nitrogen and oxygen atoms in total. The SMILES string of the molecule is NC(=O)CC(NC(=O)C(Cc1cnc[nH]1)NC(=O)C(N)CCC(=O)O)C(=O)NC(Cc1c[nH]c2ccccc12)C(=O)O. The summed E-state index contributed by atoms with van der Waals surface area (Å²) in [6.45, 7) is 0. The number of primary amides is 1. The number of carbonyl (C=O) groups is 6. The molecule has 4 amide bonds. The molecule has 0 saturated carbocycles. The number of para-hydroxylation sites is 1. The molecule has 16 heteroatoms. The lowest BCUT2D eigenvalue weighted by molar-refractivity contribution is -0.142. The number of nitrogens with one attached hydrogen (secondary N) is 5. The molecule has 0 aliphatic carbocycles. The van der Waals surface area contributed by atoms with Gasteiger partial charge in [0.15, 0.2) is 0 Å². The van der Waals surface area contributed by atoms with Gasteiger partial charge in [0.2, 0.25) is 23.6 Å². The first-order valence-electron chi connectivity index (χ1n) is 12.9. The summed E-state index contributed by atoms with van der Waals surface area (Å²) >= 11 is 0. The number of benzene rings is 1. The molecule has 224 valence electrons. The summed E-state index contributed by atoms with van der Waals surface area (Å²) in [5, 5.41) is 26.5. The number of carboxylic acids is 2. The van der Waals surface area contributed by atoms with E-state index in [4.69, 9.17) is 16.6 Å². The van der Waals surface area contributed by atoms with Crippen LogP contribution in [0.3, 0.4) is 0 Å². The molecule has 42 heavy (non-hydrogen) atoms. The lowest BCUT2D eigenvalue weighted by atomic mass is 10.0. The molecule has 0 spiro atoms. The van der Waals surface area contributed by atoms with Gasteiger partial charge in [0.25, 0.3) is 0 Å². The highest BCUT2D eigenvalue weighted by Gasteiger charge is 2.32. The Morgan fingerprint density at radius 3 is 2.19 bits per heavy atom. The monoisotopic (exact) mass is 584 g/mol. The lowest BCUT2D eigenvalue weighted by Crippen LogP contribution is -2.58. The number of carbonyl (C=O) groups excluding carboxylic acids is 4. The van der Waals surface area contributed by atoms with Gasteiger partial charge in [-0.05, 0) is 18.1 Å². The normalized spacial score (nSPS) is 13.8. The van der Waals surface area contributed by atoms with Crippen LogP contribution in [-0.4, -0.2) is 84.9 Å². The highest BCUT2D eigenvalue weighted by Crippen LogP contribution is 2.19. The van der Waals surface area contributed by atoms with Crippen LogP contribution in [0.4, 0.5) is 0 Å². The van der Waals surface area contributed by atoms with Gasteiger partial charge in [0.1, 0.15) is 18.1 Å². The Kier molecular flexibility index (Phi) is 10.7. The number of hydrogen-bond acceptors (Lipinski definition) is 8. The topological polar surface area (TPSA) is 275 Å². The van der Waals surface area contributed by atoms with Crippen molar-refractivity contribution in [2.45, 2.75) is 56.3 Å². The summed E-state index contributed by atoms with van der Waals surface area (Å²) in [7, 11) is 0. The molecular formula is C26H32N8O8. The van der Waals surface area contributed by atoms with Crippen molar-refractivity contribution in [3.05, 3.63) is 54.2 Å². The number of carboxylic acid groups (broad SMARTS) is 2. The van der Waals surface area contributed by atoms with E-state index in [9.17, 15) is 33.9 Å². The van der Waals surface area contributed by atoms with Crippen molar-refractivity contribution in [1.29, 1.82) is 0 Å². The lowest BCUT2D eigenvalue weighted by Gasteiger charge is -2.24. The highest BCUT2D eigenvalue weighted by atomic mass is 16.4. The zero-order chi connectivity index (χ0) is 30.8. The molecule has 2 aromatic heterocycles. The molecule has 11 N–H and O–H groups in total. The quantitative estimate of drug-likeness (QED) is 0.0918. The van der Waals surface area contributed by atoms with E-state index in [0.29, 0.717) is 11.3 Å². The number of rotatable bonds is 16. The average Bonchev–Trinajstić information content (AvgIpc) is 3.60. The first-order chi connectivity index (χ1) is 19.9. The summed E-state index contributed by atoms with van der Waals surface area (Å²) in [6.07, 6.45) is 2.89. The number of aromatic amines is 2. The first kappa shape index (κ1) is 31.3. The molecule has 4 atom stereocenters. The summed E-state index contributed by atoms with van der Waals surface area (Å²) < 4.78 is 0. The standard InChI is InChI=1S/C26H32N8O8/c27-16(5-6-22(36)37)23(38)32-18(8-14-11-29-12-31-14)24(39)33-19(9-21(28)35)25(40)34-20(26(41)42)7-13-10-30-17-4-2-1-3-15(13)17/h1-4,10-12,16,18-20,30H,5-9,27H2,(H2,28,35)(H,29,31)(H,32,38)(H,33,39)(H,34,40)(H,36,37)(H,41,42). The van der Waals surface area contributed by atoms with E-state index in [1.165, 1.54) is 12.5 Å². The first-order valence-corrected chi connectivity index (χ1v) is 12.9. The summed E-state index contributed by atoms with van der Waals surface area (Å²) in [6, 6.07) is 1.61. The van der Waals surface area contributed by atoms with Crippen LogP contribution < -0.4 is 27.4 Å². The van der Waals surface area contributed by atoms with Gasteiger partial charge in [0.05, 0.1) is 18.8 Å². The van der Waals surface area contributed by atoms with Gasteiger partial charge in [-0.15, -0.1) is 0 Å². The van der Waals surface area contributed by atoms with Crippen LogP contribution in [0, 0.1) is 0 Å². The smallest absolute Gasteiger partial charge is 0.326 e. The van der Waals surface area contributed by atoms with E-state index in [2.05, 4.69) is 30.9 Å². The number of aromatic nitrogens is 3. The Labute approximate surface area is 238 Å². The molecule has 0 aliphatic rings. The van der Waals surface area contributed by atoms with Crippen molar-refractivity contribution in [3.63, 3.8) is 0 Å². The number of hydrogen-bond donors (Lipinski definition) is 9. The molecule has 0 saturated heterocycles. The zero-order valence-corrected chi connectivity index (χ0v) is 22.3. The van der Waals surface area contributed by atoms with Gasteiger partial charge in [-0.25, -0.2) is 9.78 Å². The minimum absolute atomic E-state index is 0.102. The maximum absolute atomic E-state index is 13.3. The second-order valence-corrected chi connectivity index (χ2v) is 9.58. The fourth-order valence-corrected chi connectivity index (χ4v) is 4.19. The number of amides is 4. The number of nitrogens with two attached hydrogens (primary N) is 2. The molecule has 3 rings (SSSR count). The minimum Gasteiger partial charge on any atom is -0.481 e. The molecule has 4 unspecified atom stereocenters. The molecule has 1 aromatic carbocycles. The molecule has 0 aliphatic heterocycles. The zero-order valence-electron chi connectivity index (χ0n) is 22.3. The van der Waals surface area contributed by atoms with Crippen molar-refractivity contribution in [1.82, 2.24) is 30.9 Å². The van der Waals surface area contributed by atoms with Gasteiger partial charge < -0.3 is 47.6 Å². The fourth-order valence-electron chi connectivity index (χ4n) is 4.19. The number of aliphatic carboxylic acids is 2.